The summed E-state index contributed by atoms with van der Waals surface area (Å²) in [6, 6.07) is 13.7. The molecule has 5 rings (SSSR count). The third kappa shape index (κ3) is 5.10. The first-order valence-electron chi connectivity index (χ1n) is 12.8. The predicted molar refractivity (Wildman–Crippen MR) is 142 cm³/mol. The van der Waals surface area contributed by atoms with E-state index in [2.05, 4.69) is 15.3 Å². The Morgan fingerprint density at radius 3 is 2.56 bits per heavy atom. The predicted octanol–water partition coefficient (Wildman–Crippen LogP) is 6.09. The summed E-state index contributed by atoms with van der Waals surface area (Å²) in [5, 5.41) is 14.0. The zero-order valence-electron chi connectivity index (χ0n) is 22.1. The zero-order valence-corrected chi connectivity index (χ0v) is 22.1. The summed E-state index contributed by atoms with van der Waals surface area (Å²) in [6.45, 7) is 1.13. The van der Waals surface area contributed by atoms with Gasteiger partial charge in [-0.05, 0) is 60.5 Å². The van der Waals surface area contributed by atoms with Gasteiger partial charge in [0.25, 0.3) is 5.91 Å². The SMILES string of the molecule is CC1c2cc(C(O)(CNC(=O)c3ccc4ncccc4c3)C(F)(F)F)nc(-c3ccc(F)cc3)c2OCC1(C)CF. The van der Waals surface area contributed by atoms with Crippen LogP contribution in [0.3, 0.4) is 0 Å². The molecule has 0 radical (unpaired) electrons. The molecule has 6 nitrogen and oxygen atoms in total. The molecule has 1 aliphatic rings. The van der Waals surface area contributed by atoms with Gasteiger partial charge in [0.15, 0.2) is 0 Å². The Morgan fingerprint density at radius 2 is 1.88 bits per heavy atom. The molecule has 0 aliphatic carbocycles. The van der Waals surface area contributed by atoms with Crippen molar-refractivity contribution < 1.29 is 36.6 Å². The summed E-state index contributed by atoms with van der Waals surface area (Å²) in [7, 11) is 0. The van der Waals surface area contributed by atoms with Gasteiger partial charge in [0.05, 0.1) is 31.0 Å². The molecular formula is C30H26F5N3O3. The van der Waals surface area contributed by atoms with Crippen molar-refractivity contribution in [2.75, 3.05) is 19.8 Å². The molecular weight excluding hydrogens is 545 g/mol. The Hall–Kier alpha value is -4.12. The Labute approximate surface area is 232 Å². The number of pyridine rings is 2. The van der Waals surface area contributed by atoms with Crippen molar-refractivity contribution in [1.29, 1.82) is 0 Å². The van der Waals surface area contributed by atoms with Gasteiger partial charge in [0.1, 0.15) is 17.3 Å². The van der Waals surface area contributed by atoms with Gasteiger partial charge < -0.3 is 15.2 Å². The van der Waals surface area contributed by atoms with Crippen LogP contribution in [0.1, 0.15) is 41.4 Å². The normalized spacial score (nSPS) is 20.1. The maximum absolute atomic E-state index is 14.6. The average molecular weight is 572 g/mol. The van der Waals surface area contributed by atoms with Crippen LogP contribution in [0.5, 0.6) is 5.75 Å². The van der Waals surface area contributed by atoms with E-state index in [4.69, 9.17) is 4.74 Å². The minimum atomic E-state index is -5.28. The molecule has 0 saturated carbocycles. The molecule has 0 bridgehead atoms. The third-order valence-electron chi connectivity index (χ3n) is 7.75. The molecule has 2 aromatic carbocycles. The van der Waals surface area contributed by atoms with E-state index in [1.165, 1.54) is 24.3 Å². The highest BCUT2D eigenvalue weighted by Crippen LogP contribution is 2.50. The maximum atomic E-state index is 14.6. The number of rotatable bonds is 6. The number of ether oxygens (including phenoxy) is 1. The fraction of sp³-hybridized carbons (Fsp3) is 0.300. The van der Waals surface area contributed by atoms with Gasteiger partial charge in [-0.25, -0.2) is 9.37 Å². The topological polar surface area (TPSA) is 84.3 Å². The Bertz CT molecular complexity index is 1610. The lowest BCUT2D eigenvalue weighted by molar-refractivity contribution is -0.265. The fourth-order valence-electron chi connectivity index (χ4n) is 4.80. The molecule has 41 heavy (non-hydrogen) atoms. The van der Waals surface area contributed by atoms with Crippen LogP contribution >= 0.6 is 0 Å². The summed E-state index contributed by atoms with van der Waals surface area (Å²) in [5.41, 5.74) is -4.46. The Morgan fingerprint density at radius 1 is 1.15 bits per heavy atom. The third-order valence-corrected chi connectivity index (χ3v) is 7.75. The van der Waals surface area contributed by atoms with Crippen molar-refractivity contribution >= 4 is 16.8 Å². The number of aromatic nitrogens is 2. The fourth-order valence-corrected chi connectivity index (χ4v) is 4.80. The molecule has 1 amide bonds. The van der Waals surface area contributed by atoms with E-state index in [-0.39, 0.29) is 34.7 Å². The van der Waals surface area contributed by atoms with Crippen LogP contribution in [0.2, 0.25) is 0 Å². The minimum absolute atomic E-state index is 0.0617. The second-order valence-corrected chi connectivity index (χ2v) is 10.5. The lowest BCUT2D eigenvalue weighted by atomic mass is 9.73. The van der Waals surface area contributed by atoms with Crippen LogP contribution in [-0.2, 0) is 5.60 Å². The van der Waals surface area contributed by atoms with E-state index in [0.717, 1.165) is 18.2 Å². The molecule has 1 aliphatic heterocycles. The number of amides is 1. The Kier molecular flexibility index (Phi) is 7.19. The molecule has 214 valence electrons. The van der Waals surface area contributed by atoms with Gasteiger partial charge in [-0.1, -0.05) is 19.9 Å². The first-order chi connectivity index (χ1) is 19.4. The molecule has 2 aromatic heterocycles. The summed E-state index contributed by atoms with van der Waals surface area (Å²) in [6.07, 6.45) is -3.71. The van der Waals surface area contributed by atoms with E-state index in [9.17, 15) is 31.9 Å². The molecule has 3 heterocycles. The lowest BCUT2D eigenvalue weighted by Crippen LogP contribution is -2.51. The molecule has 3 unspecified atom stereocenters. The van der Waals surface area contributed by atoms with Crippen molar-refractivity contribution in [2.45, 2.75) is 31.5 Å². The number of hydrogen-bond donors (Lipinski definition) is 2. The molecule has 0 fully saturated rings. The van der Waals surface area contributed by atoms with Crippen LogP contribution in [0.15, 0.2) is 66.9 Å². The average Bonchev–Trinajstić information content (AvgIpc) is 2.96. The Balaban J connectivity index is 1.58. The molecule has 4 aromatic rings. The van der Waals surface area contributed by atoms with E-state index in [0.29, 0.717) is 10.9 Å². The second kappa shape index (κ2) is 10.4. The number of benzene rings is 2. The molecule has 11 heteroatoms. The van der Waals surface area contributed by atoms with Crippen LogP contribution < -0.4 is 10.1 Å². The van der Waals surface area contributed by atoms with E-state index < -0.39 is 53.7 Å². The van der Waals surface area contributed by atoms with E-state index in [1.54, 1.807) is 38.2 Å². The number of halogens is 5. The number of aliphatic hydroxyl groups is 1. The highest BCUT2D eigenvalue weighted by Gasteiger charge is 2.57. The van der Waals surface area contributed by atoms with Crippen molar-refractivity contribution in [3.05, 3.63) is 89.5 Å². The number of carbonyl (C=O) groups is 1. The maximum Gasteiger partial charge on any atom is 0.424 e. The molecule has 2 N–H and O–H groups in total. The van der Waals surface area contributed by atoms with E-state index in [1.807, 2.05) is 0 Å². The van der Waals surface area contributed by atoms with Gasteiger partial charge in [0, 0.05) is 33.7 Å². The van der Waals surface area contributed by atoms with Crippen LogP contribution in [0.4, 0.5) is 22.0 Å². The summed E-state index contributed by atoms with van der Waals surface area (Å²) >= 11 is 0. The van der Waals surface area contributed by atoms with E-state index >= 15 is 0 Å². The van der Waals surface area contributed by atoms with Gasteiger partial charge in [-0.3, -0.25) is 14.2 Å². The van der Waals surface area contributed by atoms with Crippen LogP contribution in [0, 0.1) is 11.2 Å². The van der Waals surface area contributed by atoms with Crippen molar-refractivity contribution in [3.63, 3.8) is 0 Å². The number of alkyl halides is 4. The summed E-state index contributed by atoms with van der Waals surface area (Å²) in [4.78, 5) is 21.2. The number of nitrogens with one attached hydrogen (secondary N) is 1. The smallest absolute Gasteiger partial charge is 0.424 e. The number of fused-ring (bicyclic) bond motifs is 2. The van der Waals surface area contributed by atoms with Crippen LogP contribution in [0.25, 0.3) is 22.2 Å². The number of carbonyl (C=O) groups excluding carboxylic acids is 1. The molecule has 0 spiro atoms. The number of nitrogens with zero attached hydrogens (tertiary/aromatic N) is 2. The van der Waals surface area contributed by atoms with Crippen molar-refractivity contribution in [2.24, 2.45) is 5.41 Å². The zero-order chi connectivity index (χ0) is 29.6. The lowest BCUT2D eigenvalue weighted by Gasteiger charge is -2.40. The highest BCUT2D eigenvalue weighted by atomic mass is 19.4. The standard InChI is InChI=1S/C30H26F5N3O3/c1-17-22-13-24(38-25(18-5-8-21(32)9-6-18)26(22)41-16-28(17,2)14-31)29(40,30(33,34)35)15-37-27(39)20-7-10-23-19(12-20)4-3-11-36-23/h3-13,17,40H,14-16H2,1-2H3,(H,37,39). The van der Waals surface area contributed by atoms with Gasteiger partial charge >= 0.3 is 6.18 Å². The van der Waals surface area contributed by atoms with Crippen LogP contribution in [-0.4, -0.2) is 47.0 Å². The quantitative estimate of drug-likeness (QED) is 0.274. The van der Waals surface area contributed by atoms with Crippen molar-refractivity contribution in [3.8, 4) is 17.0 Å². The van der Waals surface area contributed by atoms with Gasteiger partial charge in [0.2, 0.25) is 5.60 Å². The summed E-state index contributed by atoms with van der Waals surface area (Å²) in [5.74, 6) is -1.93. The first kappa shape index (κ1) is 28.4. The van der Waals surface area contributed by atoms with Crippen molar-refractivity contribution in [1.82, 2.24) is 15.3 Å². The minimum Gasteiger partial charge on any atom is -0.490 e. The molecule has 3 atom stereocenters. The molecule has 0 saturated heterocycles. The highest BCUT2D eigenvalue weighted by molar-refractivity contribution is 5.97. The van der Waals surface area contributed by atoms with Gasteiger partial charge in [-0.15, -0.1) is 0 Å². The first-order valence-corrected chi connectivity index (χ1v) is 12.8. The second-order valence-electron chi connectivity index (χ2n) is 10.5. The monoisotopic (exact) mass is 571 g/mol. The number of hydrogen-bond acceptors (Lipinski definition) is 5. The summed E-state index contributed by atoms with van der Waals surface area (Å²) < 4.78 is 77.3. The van der Waals surface area contributed by atoms with Gasteiger partial charge in [-0.2, -0.15) is 13.2 Å². The largest absolute Gasteiger partial charge is 0.490 e.